The van der Waals surface area contributed by atoms with E-state index < -0.39 is 5.97 Å². The zero-order valence-electron chi connectivity index (χ0n) is 14.9. The number of carbonyl (C=O) groups excluding carboxylic acids is 3. The van der Waals surface area contributed by atoms with Gasteiger partial charge in [0.05, 0.1) is 25.8 Å². The average Bonchev–Trinajstić information content (AvgIpc) is 2.92. The highest BCUT2D eigenvalue weighted by Gasteiger charge is 2.34. The molecule has 3 N–H and O–H groups in total. The molecule has 140 valence electrons. The van der Waals surface area contributed by atoms with Crippen LogP contribution < -0.4 is 10.6 Å². The molecule has 1 aliphatic heterocycles. The first-order valence-corrected chi connectivity index (χ1v) is 8.28. The van der Waals surface area contributed by atoms with Crippen molar-refractivity contribution in [2.75, 3.05) is 38.7 Å². The van der Waals surface area contributed by atoms with Crippen molar-refractivity contribution in [3.05, 3.63) is 41.1 Å². The van der Waals surface area contributed by atoms with Crippen molar-refractivity contribution in [2.24, 2.45) is 0 Å². The molecule has 8 nitrogen and oxygen atoms in total. The Morgan fingerprint density at radius 1 is 1.27 bits per heavy atom. The summed E-state index contributed by atoms with van der Waals surface area (Å²) in [5, 5.41) is 14.8. The number of ether oxygens (including phenoxy) is 1. The minimum absolute atomic E-state index is 0.0715. The maximum Gasteiger partial charge on any atom is 0.337 e. The van der Waals surface area contributed by atoms with Crippen LogP contribution >= 0.6 is 0 Å². The van der Waals surface area contributed by atoms with Crippen molar-refractivity contribution >= 4 is 23.5 Å². The first kappa shape index (κ1) is 19.5. The van der Waals surface area contributed by atoms with Crippen molar-refractivity contribution in [3.8, 4) is 0 Å². The fourth-order valence-corrected chi connectivity index (χ4v) is 2.63. The maximum atomic E-state index is 12.4. The number of rotatable bonds is 8. The lowest BCUT2D eigenvalue weighted by molar-refractivity contribution is -0.136. The first-order valence-electron chi connectivity index (χ1n) is 8.28. The molecule has 0 radical (unpaired) electrons. The summed E-state index contributed by atoms with van der Waals surface area (Å²) in [5.74, 6) is -1.000. The number of amides is 2. The van der Waals surface area contributed by atoms with Gasteiger partial charge in [-0.2, -0.15) is 0 Å². The van der Waals surface area contributed by atoms with E-state index in [4.69, 9.17) is 9.84 Å². The molecule has 0 aromatic heterocycles. The molecule has 1 aromatic carbocycles. The fraction of sp³-hybridized carbons (Fsp3) is 0.389. The minimum atomic E-state index is -0.576. The number of aliphatic hydroxyl groups excluding tert-OH is 1. The molecular formula is C18H23N3O5. The molecule has 8 heteroatoms. The zero-order chi connectivity index (χ0) is 19.1. The van der Waals surface area contributed by atoms with Gasteiger partial charge < -0.3 is 25.4 Å². The molecule has 0 aliphatic carbocycles. The number of methoxy groups -OCH3 is 1. The van der Waals surface area contributed by atoms with Gasteiger partial charge in [-0.1, -0.05) is 12.1 Å². The summed E-state index contributed by atoms with van der Waals surface area (Å²) in [6.07, 6.45) is 0.694. The van der Waals surface area contributed by atoms with Gasteiger partial charge in [0.1, 0.15) is 5.70 Å². The van der Waals surface area contributed by atoms with Crippen LogP contribution in [-0.2, 0) is 25.5 Å². The standard InChI is InChI=1S/C18H23N3O5/c1-12(23)19-8-7-13-3-5-14(6-4-13)20-16-15(18(25)26-2)11-21(9-10-22)17(16)24/h3-6,20,22H,7-11H2,1-2H3,(H,19,23). The van der Waals surface area contributed by atoms with Gasteiger partial charge in [-0.15, -0.1) is 0 Å². The Morgan fingerprint density at radius 2 is 1.96 bits per heavy atom. The topological polar surface area (TPSA) is 108 Å². The monoisotopic (exact) mass is 361 g/mol. The highest BCUT2D eigenvalue weighted by molar-refractivity contribution is 6.08. The highest BCUT2D eigenvalue weighted by Crippen LogP contribution is 2.22. The van der Waals surface area contributed by atoms with E-state index in [1.165, 1.54) is 18.9 Å². The Balaban J connectivity index is 2.10. The summed E-state index contributed by atoms with van der Waals surface area (Å²) in [4.78, 5) is 36.7. The third-order valence-corrected chi connectivity index (χ3v) is 3.96. The molecule has 0 atom stereocenters. The van der Waals surface area contributed by atoms with Crippen LogP contribution in [-0.4, -0.2) is 61.1 Å². The predicted octanol–water partition coefficient (Wildman–Crippen LogP) is 0.0387. The van der Waals surface area contributed by atoms with E-state index in [0.717, 1.165) is 5.56 Å². The molecule has 2 amide bonds. The van der Waals surface area contributed by atoms with Gasteiger partial charge in [0.15, 0.2) is 0 Å². The number of anilines is 1. The number of carbonyl (C=O) groups is 3. The summed E-state index contributed by atoms with van der Waals surface area (Å²) < 4.78 is 4.75. The van der Waals surface area contributed by atoms with E-state index in [9.17, 15) is 14.4 Å². The molecule has 1 aliphatic rings. The van der Waals surface area contributed by atoms with Crippen molar-refractivity contribution in [1.29, 1.82) is 0 Å². The van der Waals surface area contributed by atoms with Crippen LogP contribution in [0.5, 0.6) is 0 Å². The number of β-amino-alcohol motifs (C(OH)–C–C–N with tert-alkyl or cyclic N) is 1. The quantitative estimate of drug-likeness (QED) is 0.564. The van der Waals surface area contributed by atoms with Crippen LogP contribution in [0.3, 0.4) is 0 Å². The Hall–Kier alpha value is -2.87. The Morgan fingerprint density at radius 3 is 2.54 bits per heavy atom. The molecule has 0 unspecified atom stereocenters. The molecule has 0 saturated carbocycles. The largest absolute Gasteiger partial charge is 0.466 e. The molecular weight excluding hydrogens is 338 g/mol. The number of aliphatic hydroxyl groups is 1. The zero-order valence-corrected chi connectivity index (χ0v) is 14.9. The van der Waals surface area contributed by atoms with Crippen molar-refractivity contribution < 1.29 is 24.2 Å². The van der Waals surface area contributed by atoms with Crippen molar-refractivity contribution in [1.82, 2.24) is 10.2 Å². The van der Waals surface area contributed by atoms with E-state index in [-0.39, 0.29) is 42.8 Å². The van der Waals surface area contributed by atoms with Gasteiger partial charge in [0.2, 0.25) is 5.91 Å². The Labute approximate surface area is 151 Å². The van der Waals surface area contributed by atoms with Gasteiger partial charge in [0, 0.05) is 25.7 Å². The smallest absolute Gasteiger partial charge is 0.337 e. The lowest BCUT2D eigenvalue weighted by Crippen LogP contribution is -2.31. The van der Waals surface area contributed by atoms with E-state index in [0.29, 0.717) is 18.7 Å². The molecule has 1 aromatic rings. The summed E-state index contributed by atoms with van der Waals surface area (Å²) in [6.45, 7) is 2.08. The third-order valence-electron chi connectivity index (χ3n) is 3.96. The van der Waals surface area contributed by atoms with Crippen LogP contribution in [0.4, 0.5) is 5.69 Å². The minimum Gasteiger partial charge on any atom is -0.466 e. The predicted molar refractivity (Wildman–Crippen MR) is 95.2 cm³/mol. The van der Waals surface area contributed by atoms with Crippen LogP contribution in [0.25, 0.3) is 0 Å². The fourth-order valence-electron chi connectivity index (χ4n) is 2.63. The number of hydrogen-bond acceptors (Lipinski definition) is 6. The molecule has 26 heavy (non-hydrogen) atoms. The highest BCUT2D eigenvalue weighted by atomic mass is 16.5. The summed E-state index contributed by atoms with van der Waals surface area (Å²) in [6, 6.07) is 7.36. The van der Waals surface area contributed by atoms with Crippen LogP contribution in [0.15, 0.2) is 35.5 Å². The average molecular weight is 361 g/mol. The van der Waals surface area contributed by atoms with E-state index in [2.05, 4.69) is 10.6 Å². The number of nitrogens with zero attached hydrogens (tertiary/aromatic N) is 1. The summed E-state index contributed by atoms with van der Waals surface area (Å²) in [7, 11) is 1.26. The number of nitrogens with one attached hydrogen (secondary N) is 2. The van der Waals surface area contributed by atoms with Gasteiger partial charge in [-0.3, -0.25) is 9.59 Å². The normalized spacial score (nSPS) is 13.8. The van der Waals surface area contributed by atoms with Gasteiger partial charge >= 0.3 is 5.97 Å². The second-order valence-corrected chi connectivity index (χ2v) is 5.85. The van der Waals surface area contributed by atoms with Gasteiger partial charge in [0.25, 0.3) is 5.91 Å². The molecule has 0 saturated heterocycles. The molecule has 1 heterocycles. The maximum absolute atomic E-state index is 12.4. The molecule has 0 bridgehead atoms. The molecule has 0 fully saturated rings. The Bertz CT molecular complexity index is 712. The summed E-state index contributed by atoms with van der Waals surface area (Å²) in [5.41, 5.74) is 2.09. The Kier molecular flexibility index (Phi) is 6.74. The lowest BCUT2D eigenvalue weighted by Gasteiger charge is -2.15. The lowest BCUT2D eigenvalue weighted by atomic mass is 10.1. The third kappa shape index (κ3) is 4.82. The SMILES string of the molecule is COC(=O)C1=C(Nc2ccc(CCNC(C)=O)cc2)C(=O)N(CCO)C1. The second-order valence-electron chi connectivity index (χ2n) is 5.85. The van der Waals surface area contributed by atoms with Gasteiger partial charge in [-0.25, -0.2) is 4.79 Å². The van der Waals surface area contributed by atoms with E-state index in [1.807, 2.05) is 12.1 Å². The van der Waals surface area contributed by atoms with E-state index in [1.54, 1.807) is 12.1 Å². The van der Waals surface area contributed by atoms with Crippen LogP contribution in [0.1, 0.15) is 12.5 Å². The van der Waals surface area contributed by atoms with Crippen LogP contribution in [0, 0.1) is 0 Å². The molecule has 0 spiro atoms. The van der Waals surface area contributed by atoms with Gasteiger partial charge in [-0.05, 0) is 24.1 Å². The van der Waals surface area contributed by atoms with E-state index >= 15 is 0 Å². The number of benzene rings is 1. The van der Waals surface area contributed by atoms with Crippen molar-refractivity contribution in [2.45, 2.75) is 13.3 Å². The number of hydrogen-bond donors (Lipinski definition) is 3. The second kappa shape index (κ2) is 9.00. The number of esters is 1. The first-order chi connectivity index (χ1) is 12.5. The van der Waals surface area contributed by atoms with Crippen molar-refractivity contribution in [3.63, 3.8) is 0 Å². The van der Waals surface area contributed by atoms with Crippen LogP contribution in [0.2, 0.25) is 0 Å². The summed E-state index contributed by atoms with van der Waals surface area (Å²) >= 11 is 0. The molecule has 2 rings (SSSR count).